The number of hydrogen-bond donors (Lipinski definition) is 1. The van der Waals surface area contributed by atoms with E-state index in [4.69, 9.17) is 0 Å². The molecule has 0 aliphatic carbocycles. The predicted molar refractivity (Wildman–Crippen MR) is 145 cm³/mol. The number of rotatable bonds is 11. The van der Waals surface area contributed by atoms with Crippen molar-refractivity contribution < 1.29 is 9.59 Å². The van der Waals surface area contributed by atoms with Crippen LogP contribution in [0.1, 0.15) is 29.2 Å². The Hall–Kier alpha value is -2.57. The molecule has 0 aromatic heterocycles. The highest BCUT2D eigenvalue weighted by atomic mass is 79.9. The van der Waals surface area contributed by atoms with E-state index in [9.17, 15) is 9.59 Å². The van der Waals surface area contributed by atoms with E-state index in [0.717, 1.165) is 21.4 Å². The number of hydrogen-bond acceptors (Lipinski definition) is 3. The van der Waals surface area contributed by atoms with Crippen LogP contribution in [-0.4, -0.2) is 35.1 Å². The zero-order chi connectivity index (χ0) is 24.3. The van der Waals surface area contributed by atoms with Crippen LogP contribution in [0.3, 0.4) is 0 Å². The van der Waals surface area contributed by atoms with E-state index in [-0.39, 0.29) is 11.8 Å². The Balaban J connectivity index is 1.83. The third kappa shape index (κ3) is 7.74. The molecule has 3 rings (SSSR count). The SMILES string of the molecule is CCNC(=O)C(Cc1ccccc1)N(Cc1cccc(Br)c1)C(=O)CSCc1ccccc1C. The van der Waals surface area contributed by atoms with E-state index < -0.39 is 6.04 Å². The minimum atomic E-state index is -0.590. The number of likely N-dealkylation sites (N-methyl/N-ethyl adjacent to an activating group) is 1. The number of halogens is 1. The van der Waals surface area contributed by atoms with Gasteiger partial charge in [-0.3, -0.25) is 9.59 Å². The second kappa shape index (κ2) is 13.4. The van der Waals surface area contributed by atoms with Crippen molar-refractivity contribution in [2.45, 2.75) is 38.6 Å². The molecule has 0 bridgehead atoms. The Morgan fingerprint density at radius 2 is 1.68 bits per heavy atom. The van der Waals surface area contributed by atoms with Gasteiger partial charge in [0.05, 0.1) is 5.75 Å². The molecule has 2 amide bonds. The van der Waals surface area contributed by atoms with Gasteiger partial charge in [-0.15, -0.1) is 11.8 Å². The van der Waals surface area contributed by atoms with Gasteiger partial charge in [-0.25, -0.2) is 0 Å². The van der Waals surface area contributed by atoms with Crippen LogP contribution in [0.25, 0.3) is 0 Å². The number of amides is 2. The average Bonchev–Trinajstić information content (AvgIpc) is 2.83. The summed E-state index contributed by atoms with van der Waals surface area (Å²) in [7, 11) is 0. The van der Waals surface area contributed by atoms with Crippen molar-refractivity contribution in [3.05, 3.63) is 106 Å². The number of nitrogens with one attached hydrogen (secondary N) is 1. The van der Waals surface area contributed by atoms with Gasteiger partial charge in [0.25, 0.3) is 0 Å². The third-order valence-corrected chi connectivity index (χ3v) is 7.07. The third-order valence-electron chi connectivity index (χ3n) is 5.61. The minimum Gasteiger partial charge on any atom is -0.355 e. The van der Waals surface area contributed by atoms with Crippen LogP contribution in [0.2, 0.25) is 0 Å². The van der Waals surface area contributed by atoms with Gasteiger partial charge < -0.3 is 10.2 Å². The molecule has 1 N–H and O–H groups in total. The van der Waals surface area contributed by atoms with E-state index in [1.807, 2.05) is 73.7 Å². The normalized spacial score (nSPS) is 11.6. The molecule has 178 valence electrons. The highest BCUT2D eigenvalue weighted by Gasteiger charge is 2.30. The van der Waals surface area contributed by atoms with Gasteiger partial charge in [0.15, 0.2) is 0 Å². The number of aryl methyl sites for hydroxylation is 1. The first-order chi connectivity index (χ1) is 16.5. The maximum atomic E-state index is 13.6. The van der Waals surface area contributed by atoms with Crippen LogP contribution in [0.5, 0.6) is 0 Å². The van der Waals surface area contributed by atoms with Crippen molar-refractivity contribution in [2.24, 2.45) is 0 Å². The molecule has 0 radical (unpaired) electrons. The fourth-order valence-electron chi connectivity index (χ4n) is 3.78. The number of thioether (sulfide) groups is 1. The summed E-state index contributed by atoms with van der Waals surface area (Å²) in [6.07, 6.45) is 0.467. The van der Waals surface area contributed by atoms with Crippen molar-refractivity contribution in [2.75, 3.05) is 12.3 Å². The van der Waals surface area contributed by atoms with Gasteiger partial charge in [0, 0.05) is 29.7 Å². The summed E-state index contributed by atoms with van der Waals surface area (Å²) in [5.74, 6) is 0.907. The molecule has 0 aliphatic rings. The molecular formula is C28H31BrN2O2S. The lowest BCUT2D eigenvalue weighted by atomic mass is 10.0. The van der Waals surface area contributed by atoms with E-state index in [0.29, 0.717) is 25.3 Å². The molecule has 1 atom stereocenters. The highest BCUT2D eigenvalue weighted by molar-refractivity contribution is 9.10. The molecule has 0 saturated heterocycles. The zero-order valence-corrected chi connectivity index (χ0v) is 22.1. The monoisotopic (exact) mass is 538 g/mol. The zero-order valence-electron chi connectivity index (χ0n) is 19.7. The first-order valence-corrected chi connectivity index (χ1v) is 13.4. The van der Waals surface area contributed by atoms with Crippen LogP contribution in [0.4, 0.5) is 0 Å². The summed E-state index contributed by atoms with van der Waals surface area (Å²) >= 11 is 5.11. The van der Waals surface area contributed by atoms with Gasteiger partial charge in [-0.1, -0.05) is 82.7 Å². The van der Waals surface area contributed by atoms with E-state index in [1.165, 1.54) is 11.1 Å². The summed E-state index contributed by atoms with van der Waals surface area (Å²) in [5.41, 5.74) is 4.45. The van der Waals surface area contributed by atoms with Crippen LogP contribution in [-0.2, 0) is 28.3 Å². The molecule has 0 spiro atoms. The Kier molecular flexibility index (Phi) is 10.2. The van der Waals surface area contributed by atoms with Crippen molar-refractivity contribution in [1.82, 2.24) is 10.2 Å². The summed E-state index contributed by atoms with van der Waals surface area (Å²) < 4.78 is 0.948. The Labute approximate surface area is 215 Å². The van der Waals surface area contributed by atoms with Crippen molar-refractivity contribution in [3.63, 3.8) is 0 Å². The standard InChI is InChI=1S/C28H31BrN2O2S/c1-3-30-28(33)26(17-22-11-5-4-6-12-22)31(18-23-13-9-15-25(29)16-23)27(32)20-34-19-24-14-8-7-10-21(24)2/h4-16,26H,3,17-20H2,1-2H3,(H,30,33). The molecule has 3 aromatic carbocycles. The number of carbonyl (C=O) groups excluding carboxylic acids is 2. The molecule has 0 heterocycles. The summed E-state index contributed by atoms with van der Waals surface area (Å²) in [6, 6.07) is 25.4. The Morgan fingerprint density at radius 1 is 0.971 bits per heavy atom. The smallest absolute Gasteiger partial charge is 0.243 e. The van der Waals surface area contributed by atoms with Crippen LogP contribution in [0.15, 0.2) is 83.3 Å². The van der Waals surface area contributed by atoms with Crippen LogP contribution in [0, 0.1) is 6.92 Å². The van der Waals surface area contributed by atoms with Gasteiger partial charge in [-0.2, -0.15) is 0 Å². The predicted octanol–water partition coefficient (Wildman–Crippen LogP) is 5.77. The molecule has 1 unspecified atom stereocenters. The van der Waals surface area contributed by atoms with Gasteiger partial charge in [-0.05, 0) is 48.2 Å². The molecule has 0 saturated carbocycles. The second-order valence-corrected chi connectivity index (χ2v) is 10.1. The van der Waals surface area contributed by atoms with Gasteiger partial charge in [0.1, 0.15) is 6.04 Å². The molecule has 4 nitrogen and oxygen atoms in total. The van der Waals surface area contributed by atoms with Crippen LogP contribution >= 0.6 is 27.7 Å². The van der Waals surface area contributed by atoms with Crippen molar-refractivity contribution >= 4 is 39.5 Å². The average molecular weight is 540 g/mol. The van der Waals surface area contributed by atoms with Crippen molar-refractivity contribution in [3.8, 4) is 0 Å². The molecule has 34 heavy (non-hydrogen) atoms. The summed E-state index contributed by atoms with van der Waals surface area (Å²) in [4.78, 5) is 28.5. The highest BCUT2D eigenvalue weighted by Crippen LogP contribution is 2.21. The quantitative estimate of drug-likeness (QED) is 0.337. The Morgan fingerprint density at radius 3 is 2.38 bits per heavy atom. The van der Waals surface area contributed by atoms with Crippen LogP contribution < -0.4 is 5.32 Å². The summed E-state index contributed by atoms with van der Waals surface area (Å²) in [5, 5.41) is 2.94. The number of nitrogens with zero attached hydrogens (tertiary/aromatic N) is 1. The topological polar surface area (TPSA) is 49.4 Å². The molecule has 0 fully saturated rings. The maximum Gasteiger partial charge on any atom is 0.243 e. The fourth-order valence-corrected chi connectivity index (χ4v) is 5.21. The van der Waals surface area contributed by atoms with Gasteiger partial charge in [0.2, 0.25) is 11.8 Å². The van der Waals surface area contributed by atoms with E-state index in [1.54, 1.807) is 16.7 Å². The van der Waals surface area contributed by atoms with Crippen molar-refractivity contribution in [1.29, 1.82) is 0 Å². The van der Waals surface area contributed by atoms with Gasteiger partial charge >= 0.3 is 0 Å². The number of benzene rings is 3. The first-order valence-electron chi connectivity index (χ1n) is 11.5. The molecular weight excluding hydrogens is 508 g/mol. The number of carbonyl (C=O) groups is 2. The molecule has 0 aliphatic heterocycles. The maximum absolute atomic E-state index is 13.6. The minimum absolute atomic E-state index is 0.0363. The Bertz CT molecular complexity index is 1090. The lowest BCUT2D eigenvalue weighted by Gasteiger charge is -2.31. The largest absolute Gasteiger partial charge is 0.355 e. The lowest BCUT2D eigenvalue weighted by Crippen LogP contribution is -2.51. The summed E-state index contributed by atoms with van der Waals surface area (Å²) in [6.45, 7) is 4.88. The first kappa shape index (κ1) is 26.0. The lowest BCUT2D eigenvalue weighted by molar-refractivity contribution is -0.139. The van der Waals surface area contributed by atoms with E-state index in [2.05, 4.69) is 40.3 Å². The van der Waals surface area contributed by atoms with E-state index >= 15 is 0 Å². The second-order valence-electron chi connectivity index (χ2n) is 8.17. The fraction of sp³-hybridized carbons (Fsp3) is 0.286. The molecule has 6 heteroatoms. The molecule has 3 aromatic rings.